The van der Waals surface area contributed by atoms with Crippen molar-refractivity contribution in [2.75, 3.05) is 7.05 Å². The van der Waals surface area contributed by atoms with Crippen molar-refractivity contribution in [3.05, 3.63) is 40.1 Å². The number of aromatic nitrogens is 2. The number of rotatable bonds is 6. The van der Waals surface area contributed by atoms with Crippen LogP contribution in [0.4, 0.5) is 0 Å². The fourth-order valence-corrected chi connectivity index (χ4v) is 2.41. The Morgan fingerprint density at radius 2 is 2.16 bits per heavy atom. The topological polar surface area (TPSA) is 47.0 Å². The number of ether oxygens (including phenoxy) is 1. The van der Waals surface area contributed by atoms with Crippen molar-refractivity contribution in [1.82, 2.24) is 15.3 Å². The summed E-state index contributed by atoms with van der Waals surface area (Å²) in [5.41, 5.74) is 1.98. The van der Waals surface area contributed by atoms with Crippen LogP contribution in [0, 0.1) is 0 Å². The normalized spacial score (nSPS) is 10.9. The number of nitrogens with one attached hydrogen (secondary N) is 1. The van der Waals surface area contributed by atoms with Crippen LogP contribution in [0.15, 0.2) is 23.7 Å². The molecule has 4 nitrogen and oxygen atoms in total. The molecule has 19 heavy (non-hydrogen) atoms. The van der Waals surface area contributed by atoms with Gasteiger partial charge in [0.05, 0.1) is 22.6 Å². The van der Waals surface area contributed by atoms with Gasteiger partial charge in [-0.3, -0.25) is 4.98 Å². The van der Waals surface area contributed by atoms with Crippen molar-refractivity contribution >= 4 is 11.3 Å². The number of pyridine rings is 1. The minimum Gasteiger partial charge on any atom is -0.486 e. The highest BCUT2D eigenvalue weighted by Crippen LogP contribution is 2.20. The molecule has 0 aliphatic rings. The molecule has 0 saturated heterocycles. The van der Waals surface area contributed by atoms with E-state index in [4.69, 9.17) is 4.74 Å². The zero-order valence-corrected chi connectivity index (χ0v) is 12.3. The summed E-state index contributed by atoms with van der Waals surface area (Å²) >= 11 is 1.69. The Morgan fingerprint density at radius 1 is 1.32 bits per heavy atom. The van der Waals surface area contributed by atoms with Gasteiger partial charge < -0.3 is 10.1 Å². The summed E-state index contributed by atoms with van der Waals surface area (Å²) in [4.78, 5) is 8.84. The number of hydrogen-bond acceptors (Lipinski definition) is 5. The minimum absolute atomic E-state index is 0.473. The van der Waals surface area contributed by atoms with E-state index in [9.17, 15) is 0 Å². The predicted molar refractivity (Wildman–Crippen MR) is 77.5 cm³/mol. The minimum atomic E-state index is 0.473. The van der Waals surface area contributed by atoms with Gasteiger partial charge in [0, 0.05) is 17.8 Å². The average molecular weight is 277 g/mol. The smallest absolute Gasteiger partial charge is 0.138 e. The van der Waals surface area contributed by atoms with E-state index in [-0.39, 0.29) is 0 Å². The van der Waals surface area contributed by atoms with Crippen molar-refractivity contribution < 1.29 is 4.74 Å². The molecule has 0 spiro atoms. The first-order valence-electron chi connectivity index (χ1n) is 6.35. The van der Waals surface area contributed by atoms with Crippen LogP contribution in [0.1, 0.15) is 36.2 Å². The lowest BCUT2D eigenvalue weighted by Crippen LogP contribution is -2.06. The highest BCUT2D eigenvalue weighted by atomic mass is 32.1. The largest absolute Gasteiger partial charge is 0.486 e. The Hall–Kier alpha value is -1.46. The Balaban J connectivity index is 1.90. The van der Waals surface area contributed by atoms with Gasteiger partial charge in [-0.05, 0) is 19.2 Å². The molecule has 0 radical (unpaired) electrons. The predicted octanol–water partition coefficient (Wildman–Crippen LogP) is 2.96. The third kappa shape index (κ3) is 4.01. The molecule has 0 aliphatic carbocycles. The number of thiazole rings is 1. The lowest BCUT2D eigenvalue weighted by Gasteiger charge is -2.05. The molecule has 2 heterocycles. The lowest BCUT2D eigenvalue weighted by atomic mass is 10.2. The van der Waals surface area contributed by atoms with Gasteiger partial charge in [-0.2, -0.15) is 0 Å². The van der Waals surface area contributed by atoms with E-state index in [1.165, 1.54) is 0 Å². The van der Waals surface area contributed by atoms with Crippen molar-refractivity contribution in [2.45, 2.75) is 32.9 Å². The maximum absolute atomic E-state index is 5.68. The third-order valence-corrected chi connectivity index (χ3v) is 3.80. The summed E-state index contributed by atoms with van der Waals surface area (Å²) in [6.07, 6.45) is 1.75. The summed E-state index contributed by atoms with van der Waals surface area (Å²) in [5, 5.41) is 6.27. The van der Waals surface area contributed by atoms with Crippen molar-refractivity contribution in [3.63, 3.8) is 0 Å². The zero-order chi connectivity index (χ0) is 13.7. The van der Waals surface area contributed by atoms with Gasteiger partial charge in [0.25, 0.3) is 0 Å². The van der Waals surface area contributed by atoms with E-state index in [0.717, 1.165) is 28.7 Å². The van der Waals surface area contributed by atoms with Crippen molar-refractivity contribution in [2.24, 2.45) is 0 Å². The van der Waals surface area contributed by atoms with Crippen LogP contribution in [0.3, 0.4) is 0 Å². The first-order valence-corrected chi connectivity index (χ1v) is 7.23. The highest BCUT2D eigenvalue weighted by Gasteiger charge is 2.06. The average Bonchev–Trinajstić information content (AvgIpc) is 2.87. The van der Waals surface area contributed by atoms with E-state index < -0.39 is 0 Å². The molecule has 0 unspecified atom stereocenters. The van der Waals surface area contributed by atoms with E-state index >= 15 is 0 Å². The van der Waals surface area contributed by atoms with Crippen molar-refractivity contribution in [1.29, 1.82) is 0 Å². The van der Waals surface area contributed by atoms with E-state index in [1.54, 1.807) is 17.5 Å². The zero-order valence-electron chi connectivity index (χ0n) is 11.5. The van der Waals surface area contributed by atoms with E-state index in [2.05, 4.69) is 34.5 Å². The van der Waals surface area contributed by atoms with Gasteiger partial charge in [0.1, 0.15) is 12.4 Å². The van der Waals surface area contributed by atoms with Gasteiger partial charge in [-0.1, -0.05) is 13.8 Å². The summed E-state index contributed by atoms with van der Waals surface area (Å²) < 4.78 is 5.68. The lowest BCUT2D eigenvalue weighted by molar-refractivity contribution is 0.300. The molecule has 0 atom stereocenters. The van der Waals surface area contributed by atoms with E-state index in [1.807, 2.05) is 19.2 Å². The quantitative estimate of drug-likeness (QED) is 0.882. The molecule has 5 heteroatoms. The molecule has 0 saturated carbocycles. The van der Waals surface area contributed by atoms with Gasteiger partial charge in [-0.25, -0.2) is 4.98 Å². The second-order valence-corrected chi connectivity index (χ2v) is 5.53. The number of hydrogen-bond donors (Lipinski definition) is 1. The number of nitrogens with zero attached hydrogens (tertiary/aromatic N) is 2. The van der Waals surface area contributed by atoms with Gasteiger partial charge in [-0.15, -0.1) is 11.3 Å². The molecule has 1 N–H and O–H groups in total. The second-order valence-electron chi connectivity index (χ2n) is 4.64. The molecule has 102 valence electrons. The van der Waals surface area contributed by atoms with Gasteiger partial charge >= 0.3 is 0 Å². The van der Waals surface area contributed by atoms with Crippen LogP contribution in [0.25, 0.3) is 0 Å². The molecule has 0 bridgehead atoms. The summed E-state index contributed by atoms with van der Waals surface area (Å²) in [7, 11) is 1.90. The molecular formula is C14H19N3OS. The van der Waals surface area contributed by atoms with Crippen LogP contribution in [-0.4, -0.2) is 17.0 Å². The van der Waals surface area contributed by atoms with Crippen LogP contribution in [0.5, 0.6) is 5.75 Å². The highest BCUT2D eigenvalue weighted by molar-refractivity contribution is 7.09. The molecule has 2 rings (SSSR count). The Labute approximate surface area is 117 Å². The maximum Gasteiger partial charge on any atom is 0.138 e. The van der Waals surface area contributed by atoms with E-state index in [0.29, 0.717) is 12.5 Å². The molecule has 0 aromatic carbocycles. The van der Waals surface area contributed by atoms with Crippen LogP contribution >= 0.6 is 11.3 Å². The first-order chi connectivity index (χ1) is 9.19. The summed E-state index contributed by atoms with van der Waals surface area (Å²) in [5.74, 6) is 1.25. The molecule has 0 amide bonds. The molecule has 2 aromatic rings. The Bertz CT molecular complexity index is 508. The SMILES string of the molecule is CNCc1ccc(OCc2csc(C(C)C)n2)cn1. The first kappa shape index (κ1) is 14.0. The van der Waals surface area contributed by atoms with Gasteiger partial charge in [0.2, 0.25) is 0 Å². The fraction of sp³-hybridized carbons (Fsp3) is 0.429. The Morgan fingerprint density at radius 3 is 2.74 bits per heavy atom. The summed E-state index contributed by atoms with van der Waals surface area (Å²) in [6, 6.07) is 3.90. The van der Waals surface area contributed by atoms with Crippen LogP contribution in [0.2, 0.25) is 0 Å². The standard InChI is InChI=1S/C14H19N3OS/c1-10(2)14-17-12(9-19-14)8-18-13-5-4-11(6-15-3)16-7-13/h4-5,7,9-10,15H,6,8H2,1-3H3. The summed E-state index contributed by atoms with van der Waals surface area (Å²) in [6.45, 7) is 5.56. The molecule has 2 aromatic heterocycles. The maximum atomic E-state index is 5.68. The monoisotopic (exact) mass is 277 g/mol. The fourth-order valence-electron chi connectivity index (χ4n) is 1.59. The van der Waals surface area contributed by atoms with Crippen LogP contribution in [-0.2, 0) is 13.2 Å². The second kappa shape index (κ2) is 6.63. The molecule has 0 fully saturated rings. The molecular weight excluding hydrogens is 258 g/mol. The van der Waals surface area contributed by atoms with Gasteiger partial charge in [0.15, 0.2) is 0 Å². The molecule has 0 aliphatic heterocycles. The van der Waals surface area contributed by atoms with Crippen molar-refractivity contribution in [3.8, 4) is 5.75 Å². The third-order valence-electron chi connectivity index (χ3n) is 2.61. The Kier molecular flexibility index (Phi) is 4.87. The van der Waals surface area contributed by atoms with Crippen LogP contribution < -0.4 is 10.1 Å².